The van der Waals surface area contributed by atoms with Gasteiger partial charge in [0.1, 0.15) is 6.04 Å². The molecule has 0 bridgehead atoms. The molecule has 0 aromatic heterocycles. The molecule has 1 fully saturated rings. The maximum atomic E-state index is 13.5. The second-order valence-corrected chi connectivity index (χ2v) is 12.5. The van der Waals surface area contributed by atoms with Crippen molar-refractivity contribution < 1.29 is 18.0 Å². The van der Waals surface area contributed by atoms with E-state index in [-0.39, 0.29) is 30.8 Å². The number of hydrogen-bond acceptors (Lipinski definition) is 4. The Morgan fingerprint density at radius 2 is 1.61 bits per heavy atom. The topological polar surface area (TPSA) is 86.8 Å². The lowest BCUT2D eigenvalue weighted by atomic mass is 9.95. The molecule has 7 nitrogen and oxygen atoms in total. The summed E-state index contributed by atoms with van der Waals surface area (Å²) in [4.78, 5) is 28.3. The second-order valence-electron chi connectivity index (χ2n) is 10.6. The number of carbonyl (C=O) groups excluding carboxylic acids is 2. The molecule has 38 heavy (non-hydrogen) atoms. The first-order valence-electron chi connectivity index (χ1n) is 13.7. The number of amides is 2. The Bertz CT molecular complexity index is 1160. The quantitative estimate of drug-likeness (QED) is 0.420. The van der Waals surface area contributed by atoms with Crippen LogP contribution in [0.1, 0.15) is 68.6 Å². The number of rotatable bonds is 12. The van der Waals surface area contributed by atoms with E-state index < -0.39 is 16.1 Å². The lowest BCUT2D eigenvalue weighted by molar-refractivity contribution is -0.140. The number of carbonyl (C=O) groups is 2. The molecule has 1 atom stereocenters. The van der Waals surface area contributed by atoms with Crippen molar-refractivity contribution in [3.63, 3.8) is 0 Å². The zero-order chi connectivity index (χ0) is 27.7. The van der Waals surface area contributed by atoms with Gasteiger partial charge in [-0.3, -0.25) is 13.9 Å². The Balaban J connectivity index is 1.69. The average molecular weight is 542 g/mol. The monoisotopic (exact) mass is 541 g/mol. The maximum Gasteiger partial charge on any atom is 0.242 e. The normalized spacial score (nSPS) is 15.1. The number of sulfonamides is 1. The highest BCUT2D eigenvalue weighted by Crippen LogP contribution is 2.22. The Labute approximate surface area is 228 Å². The highest BCUT2D eigenvalue weighted by molar-refractivity contribution is 7.92. The lowest BCUT2D eigenvalue weighted by Gasteiger charge is -2.31. The van der Waals surface area contributed by atoms with Gasteiger partial charge in [0.15, 0.2) is 0 Å². The van der Waals surface area contributed by atoms with Crippen molar-refractivity contribution in [2.75, 3.05) is 23.7 Å². The van der Waals surface area contributed by atoms with E-state index in [0.29, 0.717) is 25.1 Å². The molecule has 1 aliphatic rings. The van der Waals surface area contributed by atoms with Crippen molar-refractivity contribution in [1.82, 2.24) is 10.2 Å². The first kappa shape index (κ1) is 29.7. The number of nitrogens with one attached hydrogen (secondary N) is 1. The number of aryl methyl sites for hydroxylation is 2. The predicted octanol–water partition coefficient (Wildman–Crippen LogP) is 4.76. The van der Waals surface area contributed by atoms with Crippen molar-refractivity contribution in [1.29, 1.82) is 0 Å². The van der Waals surface area contributed by atoms with Crippen LogP contribution < -0.4 is 9.62 Å². The van der Waals surface area contributed by atoms with Crippen LogP contribution >= 0.6 is 0 Å². The maximum absolute atomic E-state index is 13.5. The van der Waals surface area contributed by atoms with Gasteiger partial charge in [0, 0.05) is 25.6 Å². The van der Waals surface area contributed by atoms with Gasteiger partial charge in [-0.2, -0.15) is 0 Å². The van der Waals surface area contributed by atoms with Gasteiger partial charge in [0.2, 0.25) is 21.8 Å². The number of anilines is 1. The van der Waals surface area contributed by atoms with Crippen molar-refractivity contribution >= 4 is 27.5 Å². The Morgan fingerprint density at radius 1 is 0.974 bits per heavy atom. The fourth-order valence-corrected chi connectivity index (χ4v) is 6.19. The molecule has 0 saturated heterocycles. The molecule has 2 amide bonds. The largest absolute Gasteiger partial charge is 0.352 e. The zero-order valence-corrected chi connectivity index (χ0v) is 24.1. The third-order valence-corrected chi connectivity index (χ3v) is 8.44. The van der Waals surface area contributed by atoms with Crippen LogP contribution in [0.25, 0.3) is 0 Å². The Hall–Kier alpha value is -2.87. The molecular formula is C30H43N3O4S. The molecule has 0 aliphatic heterocycles. The minimum absolute atomic E-state index is 0.119. The molecule has 1 aliphatic carbocycles. The van der Waals surface area contributed by atoms with Crippen LogP contribution in [0.5, 0.6) is 0 Å². The molecule has 1 saturated carbocycles. The average Bonchev–Trinajstić information content (AvgIpc) is 2.86. The van der Waals surface area contributed by atoms with Crippen molar-refractivity contribution in [2.24, 2.45) is 0 Å². The summed E-state index contributed by atoms with van der Waals surface area (Å²) in [5.74, 6) is -0.257. The van der Waals surface area contributed by atoms with Gasteiger partial charge in [0.25, 0.3) is 0 Å². The van der Waals surface area contributed by atoms with Crippen LogP contribution in [0.15, 0.2) is 48.5 Å². The van der Waals surface area contributed by atoms with Crippen LogP contribution in [-0.2, 0) is 26.0 Å². The summed E-state index contributed by atoms with van der Waals surface area (Å²) in [6, 6.07) is 15.2. The van der Waals surface area contributed by atoms with E-state index in [1.807, 2.05) is 62.4 Å². The summed E-state index contributed by atoms with van der Waals surface area (Å²) in [6.07, 6.45) is 7.76. The molecule has 2 aromatic carbocycles. The SMILES string of the molecule is Cc1cc(C)cc(N(CCCC(=O)N(CCc2ccccc2)[C@H](C)C(=O)NC2CCCCC2)S(C)(=O)=O)c1. The summed E-state index contributed by atoms with van der Waals surface area (Å²) < 4.78 is 26.5. The third kappa shape index (κ3) is 8.86. The summed E-state index contributed by atoms with van der Waals surface area (Å²) in [6.45, 7) is 6.28. The molecule has 0 unspecified atom stereocenters. The molecule has 0 radical (unpaired) electrons. The summed E-state index contributed by atoms with van der Waals surface area (Å²) in [7, 11) is -3.52. The first-order valence-corrected chi connectivity index (χ1v) is 15.6. The fourth-order valence-electron chi connectivity index (χ4n) is 5.24. The minimum Gasteiger partial charge on any atom is -0.352 e. The number of benzene rings is 2. The summed E-state index contributed by atoms with van der Waals surface area (Å²) >= 11 is 0. The lowest BCUT2D eigenvalue weighted by Crippen LogP contribution is -2.51. The van der Waals surface area contributed by atoms with Crippen molar-refractivity contribution in [3.8, 4) is 0 Å². The molecule has 0 spiro atoms. The van der Waals surface area contributed by atoms with Crippen LogP contribution in [0, 0.1) is 13.8 Å². The first-order chi connectivity index (χ1) is 18.0. The predicted molar refractivity (Wildman–Crippen MR) is 154 cm³/mol. The smallest absolute Gasteiger partial charge is 0.242 e. The van der Waals surface area contributed by atoms with Gasteiger partial charge >= 0.3 is 0 Å². The van der Waals surface area contributed by atoms with E-state index in [4.69, 9.17) is 0 Å². The zero-order valence-electron chi connectivity index (χ0n) is 23.3. The van der Waals surface area contributed by atoms with Gasteiger partial charge in [-0.05, 0) is 75.3 Å². The Morgan fingerprint density at radius 3 is 2.21 bits per heavy atom. The molecule has 3 rings (SSSR count). The van der Waals surface area contributed by atoms with Crippen molar-refractivity contribution in [3.05, 3.63) is 65.2 Å². The Kier molecular flexibility index (Phi) is 10.8. The van der Waals surface area contributed by atoms with E-state index >= 15 is 0 Å². The van der Waals surface area contributed by atoms with E-state index in [1.54, 1.807) is 11.8 Å². The van der Waals surface area contributed by atoms with Gasteiger partial charge < -0.3 is 10.2 Å². The summed E-state index contributed by atoms with van der Waals surface area (Å²) in [5.41, 5.74) is 3.67. The highest BCUT2D eigenvalue weighted by Gasteiger charge is 2.28. The molecular weight excluding hydrogens is 498 g/mol. The van der Waals surface area contributed by atoms with E-state index in [0.717, 1.165) is 42.4 Å². The van der Waals surface area contributed by atoms with Crippen LogP contribution in [0.2, 0.25) is 0 Å². The van der Waals surface area contributed by atoms with Gasteiger partial charge in [-0.1, -0.05) is 55.7 Å². The molecule has 2 aromatic rings. The minimum atomic E-state index is -3.52. The highest BCUT2D eigenvalue weighted by atomic mass is 32.2. The second kappa shape index (κ2) is 13.8. The van der Waals surface area contributed by atoms with Crippen molar-refractivity contribution in [2.45, 2.75) is 84.2 Å². The van der Waals surface area contributed by atoms with E-state index in [2.05, 4.69) is 5.32 Å². The standard InChI is InChI=1S/C30H43N3O4S/c1-23-20-24(2)22-28(21-23)33(38(4,36)37)18-11-16-29(34)32(19-17-26-12-7-5-8-13-26)25(3)30(35)31-27-14-9-6-10-15-27/h5,7-8,12-13,20-22,25,27H,6,9-11,14-19H2,1-4H3,(H,31,35)/t25-/m1/s1. The molecule has 8 heteroatoms. The van der Waals surface area contributed by atoms with Gasteiger partial charge in [-0.25, -0.2) is 8.42 Å². The molecule has 1 N–H and O–H groups in total. The molecule has 208 valence electrons. The fraction of sp³-hybridized carbons (Fsp3) is 0.533. The van der Waals surface area contributed by atoms with Gasteiger partial charge in [-0.15, -0.1) is 0 Å². The number of nitrogens with zero attached hydrogens (tertiary/aromatic N) is 2. The number of hydrogen-bond donors (Lipinski definition) is 1. The third-order valence-electron chi connectivity index (χ3n) is 7.25. The molecule has 0 heterocycles. The van der Waals surface area contributed by atoms with Gasteiger partial charge in [0.05, 0.1) is 11.9 Å². The van der Waals surface area contributed by atoms with E-state index in [1.165, 1.54) is 17.0 Å². The van der Waals surface area contributed by atoms with Crippen LogP contribution in [0.4, 0.5) is 5.69 Å². The van der Waals surface area contributed by atoms with E-state index in [9.17, 15) is 18.0 Å². The van der Waals surface area contributed by atoms with Crippen LogP contribution in [0.3, 0.4) is 0 Å². The van der Waals surface area contributed by atoms with Crippen LogP contribution in [-0.4, -0.2) is 56.6 Å². The summed E-state index contributed by atoms with van der Waals surface area (Å²) in [5, 5.41) is 3.16.